The molecule has 0 aliphatic rings. The van der Waals surface area contributed by atoms with Crippen LogP contribution in [0.4, 0.5) is 0 Å². The summed E-state index contributed by atoms with van der Waals surface area (Å²) >= 11 is 1.98. The molecule has 104 valence electrons. The molecule has 0 heterocycles. The van der Waals surface area contributed by atoms with E-state index >= 15 is 0 Å². The lowest BCUT2D eigenvalue weighted by molar-refractivity contribution is -0.141. The molecule has 3 N–H and O–H groups in total. The Morgan fingerprint density at radius 1 is 1.42 bits per heavy atom. The minimum atomic E-state index is -0.825. The van der Waals surface area contributed by atoms with Crippen LogP contribution in [0.15, 0.2) is 18.2 Å². The van der Waals surface area contributed by atoms with E-state index in [-0.39, 0.29) is 11.7 Å². The van der Waals surface area contributed by atoms with Crippen molar-refractivity contribution in [1.29, 1.82) is 0 Å². The van der Waals surface area contributed by atoms with Gasteiger partial charge in [0.15, 0.2) is 0 Å². The fraction of sp³-hybridized carbons (Fsp3) is 0.385. The molecule has 19 heavy (non-hydrogen) atoms. The second-order valence-corrected chi connectivity index (χ2v) is 5.47. The van der Waals surface area contributed by atoms with Crippen LogP contribution in [0, 0.1) is 9.49 Å². The van der Waals surface area contributed by atoms with E-state index in [0.29, 0.717) is 28.5 Å². The number of phenols is 1. The van der Waals surface area contributed by atoms with Crippen molar-refractivity contribution < 1.29 is 19.8 Å². The van der Waals surface area contributed by atoms with Gasteiger partial charge in [0.25, 0.3) is 5.91 Å². The molecule has 0 aliphatic carbocycles. The van der Waals surface area contributed by atoms with Gasteiger partial charge in [-0.05, 0) is 53.6 Å². The Bertz CT molecular complexity index is 476. The monoisotopic (exact) mass is 377 g/mol. The highest BCUT2D eigenvalue weighted by Gasteiger charge is 2.11. The van der Waals surface area contributed by atoms with Crippen molar-refractivity contribution in [2.24, 2.45) is 5.92 Å². The Hall–Kier alpha value is -1.31. The molecule has 0 aromatic heterocycles. The summed E-state index contributed by atoms with van der Waals surface area (Å²) < 4.78 is 0.685. The summed E-state index contributed by atoms with van der Waals surface area (Å²) in [5, 5.41) is 20.9. The predicted octanol–water partition coefficient (Wildman–Crippen LogP) is 2.23. The quantitative estimate of drug-likeness (QED) is 0.524. The number of nitrogens with one attached hydrogen (secondary N) is 1. The molecule has 0 radical (unpaired) electrons. The molecule has 6 heteroatoms. The van der Waals surface area contributed by atoms with E-state index < -0.39 is 11.9 Å². The maximum absolute atomic E-state index is 11.7. The van der Waals surface area contributed by atoms with Crippen molar-refractivity contribution in [3.8, 4) is 5.75 Å². The van der Waals surface area contributed by atoms with Gasteiger partial charge in [0.2, 0.25) is 0 Å². The number of carbonyl (C=O) groups excluding carboxylic acids is 1. The normalized spacial score (nSPS) is 11.9. The van der Waals surface area contributed by atoms with E-state index in [4.69, 9.17) is 5.11 Å². The topological polar surface area (TPSA) is 86.6 Å². The third-order valence-electron chi connectivity index (χ3n) is 2.73. The van der Waals surface area contributed by atoms with E-state index in [9.17, 15) is 14.7 Å². The van der Waals surface area contributed by atoms with E-state index in [1.807, 2.05) is 22.6 Å². The SMILES string of the molecule is CC(CCCNC(=O)c1ccc(I)c(O)c1)C(=O)O. The van der Waals surface area contributed by atoms with Crippen LogP contribution in [0.3, 0.4) is 0 Å². The first-order chi connectivity index (χ1) is 8.91. The molecule has 1 unspecified atom stereocenters. The van der Waals surface area contributed by atoms with Crippen molar-refractivity contribution in [2.45, 2.75) is 19.8 Å². The number of carboxylic acids is 1. The molecule has 1 aromatic carbocycles. The van der Waals surface area contributed by atoms with Gasteiger partial charge >= 0.3 is 5.97 Å². The van der Waals surface area contributed by atoms with Crippen molar-refractivity contribution in [3.05, 3.63) is 27.3 Å². The summed E-state index contributed by atoms with van der Waals surface area (Å²) in [7, 11) is 0. The highest BCUT2D eigenvalue weighted by Crippen LogP contribution is 2.20. The van der Waals surface area contributed by atoms with Gasteiger partial charge in [0, 0.05) is 12.1 Å². The summed E-state index contributed by atoms with van der Waals surface area (Å²) in [6.45, 7) is 2.06. The number of aliphatic carboxylic acids is 1. The largest absolute Gasteiger partial charge is 0.507 e. The van der Waals surface area contributed by atoms with Gasteiger partial charge in [-0.25, -0.2) is 0 Å². The highest BCUT2D eigenvalue weighted by molar-refractivity contribution is 14.1. The van der Waals surface area contributed by atoms with Gasteiger partial charge in [0.05, 0.1) is 9.49 Å². The minimum absolute atomic E-state index is 0.0766. The fourth-order valence-electron chi connectivity index (χ4n) is 1.49. The summed E-state index contributed by atoms with van der Waals surface area (Å²) in [6.07, 6.45) is 1.13. The van der Waals surface area contributed by atoms with Gasteiger partial charge in [-0.1, -0.05) is 6.92 Å². The zero-order valence-corrected chi connectivity index (χ0v) is 12.7. The molecule has 0 bridgehead atoms. The first-order valence-corrected chi connectivity index (χ1v) is 6.99. The van der Waals surface area contributed by atoms with Gasteiger partial charge in [-0.3, -0.25) is 9.59 Å². The van der Waals surface area contributed by atoms with Gasteiger partial charge < -0.3 is 15.5 Å². The highest BCUT2D eigenvalue weighted by atomic mass is 127. The maximum atomic E-state index is 11.7. The minimum Gasteiger partial charge on any atom is -0.507 e. The van der Waals surface area contributed by atoms with Crippen LogP contribution < -0.4 is 5.32 Å². The first-order valence-electron chi connectivity index (χ1n) is 5.91. The molecule has 1 aromatic rings. The zero-order valence-electron chi connectivity index (χ0n) is 10.5. The standard InChI is InChI=1S/C13H16INO4/c1-8(13(18)19)3-2-6-15-12(17)9-4-5-10(14)11(16)7-9/h4-5,7-8,16H,2-3,6H2,1H3,(H,15,17)(H,18,19). The molecule has 0 saturated carbocycles. The molecule has 0 fully saturated rings. The zero-order chi connectivity index (χ0) is 14.4. The number of carboxylic acid groups (broad SMARTS) is 1. The molecule has 1 atom stereocenters. The Balaban J connectivity index is 2.39. The van der Waals surface area contributed by atoms with Crippen molar-refractivity contribution in [3.63, 3.8) is 0 Å². The fourth-order valence-corrected chi connectivity index (χ4v) is 1.83. The van der Waals surface area contributed by atoms with Crippen LogP contribution in [0.2, 0.25) is 0 Å². The van der Waals surface area contributed by atoms with E-state index in [0.717, 1.165) is 0 Å². The number of carbonyl (C=O) groups is 2. The average molecular weight is 377 g/mol. The van der Waals surface area contributed by atoms with Crippen LogP contribution in [-0.2, 0) is 4.79 Å². The van der Waals surface area contributed by atoms with Crippen molar-refractivity contribution >= 4 is 34.5 Å². The molecule has 0 aliphatic heterocycles. The van der Waals surface area contributed by atoms with Crippen LogP contribution in [0.25, 0.3) is 0 Å². The van der Waals surface area contributed by atoms with Gasteiger partial charge in [-0.2, -0.15) is 0 Å². The summed E-state index contributed by atoms with van der Waals surface area (Å²) in [6, 6.07) is 4.71. The number of aromatic hydroxyl groups is 1. The van der Waals surface area contributed by atoms with E-state index in [2.05, 4.69) is 5.32 Å². The lowest BCUT2D eigenvalue weighted by atomic mass is 10.1. The first kappa shape index (κ1) is 15.7. The Morgan fingerprint density at radius 3 is 2.68 bits per heavy atom. The Kier molecular flexibility index (Phi) is 6.07. The van der Waals surface area contributed by atoms with Crippen LogP contribution in [0.5, 0.6) is 5.75 Å². The number of benzene rings is 1. The molecule has 1 amide bonds. The summed E-state index contributed by atoms with van der Waals surface area (Å²) in [5.41, 5.74) is 0.393. The summed E-state index contributed by atoms with van der Waals surface area (Å²) in [5.74, 6) is -1.42. The second kappa shape index (κ2) is 7.32. The third-order valence-corrected chi connectivity index (χ3v) is 3.64. The lowest BCUT2D eigenvalue weighted by Crippen LogP contribution is -2.25. The number of halogens is 1. The average Bonchev–Trinajstić information content (AvgIpc) is 2.37. The molecular formula is C13H16INO4. The molecule has 0 saturated heterocycles. The van der Waals surface area contributed by atoms with Crippen molar-refractivity contribution in [1.82, 2.24) is 5.32 Å². The smallest absolute Gasteiger partial charge is 0.306 e. The number of rotatable bonds is 6. The Labute approximate surface area is 125 Å². The predicted molar refractivity (Wildman–Crippen MR) is 79.2 cm³/mol. The Morgan fingerprint density at radius 2 is 2.11 bits per heavy atom. The molecule has 5 nitrogen and oxygen atoms in total. The van der Waals surface area contributed by atoms with Crippen LogP contribution in [-0.4, -0.2) is 28.6 Å². The van der Waals surface area contributed by atoms with Crippen LogP contribution in [0.1, 0.15) is 30.1 Å². The number of hydrogen-bond acceptors (Lipinski definition) is 3. The van der Waals surface area contributed by atoms with Crippen LogP contribution >= 0.6 is 22.6 Å². The molecule has 1 rings (SSSR count). The number of hydrogen-bond donors (Lipinski definition) is 3. The lowest BCUT2D eigenvalue weighted by Gasteiger charge is -2.08. The molecular weight excluding hydrogens is 361 g/mol. The van der Waals surface area contributed by atoms with E-state index in [1.54, 1.807) is 19.1 Å². The maximum Gasteiger partial charge on any atom is 0.306 e. The summed E-state index contributed by atoms with van der Waals surface area (Å²) in [4.78, 5) is 22.3. The van der Waals surface area contributed by atoms with Gasteiger partial charge in [-0.15, -0.1) is 0 Å². The second-order valence-electron chi connectivity index (χ2n) is 4.30. The number of amides is 1. The third kappa shape index (κ3) is 5.06. The number of phenolic OH excluding ortho intramolecular Hbond substituents is 1. The van der Waals surface area contributed by atoms with Gasteiger partial charge in [0.1, 0.15) is 5.75 Å². The van der Waals surface area contributed by atoms with E-state index in [1.165, 1.54) is 6.07 Å². The molecule has 0 spiro atoms. The van der Waals surface area contributed by atoms with Crippen molar-refractivity contribution in [2.75, 3.05) is 6.54 Å².